The Morgan fingerprint density at radius 3 is 2.64 bits per heavy atom. The Balaban J connectivity index is 0.00000392. The van der Waals surface area contributed by atoms with Crippen LogP contribution in [-0.2, 0) is 0 Å². The zero-order valence-electron chi connectivity index (χ0n) is 17.6. The molecule has 1 fully saturated rings. The number of benzene rings is 1. The number of nitrogens with zero attached hydrogens (tertiary/aromatic N) is 2. The van der Waals surface area contributed by atoms with Crippen LogP contribution in [0.25, 0.3) is 0 Å². The summed E-state index contributed by atoms with van der Waals surface area (Å²) in [6, 6.07) is 7.61. The summed E-state index contributed by atoms with van der Waals surface area (Å²) in [5.74, 6) is 2.22. The van der Waals surface area contributed by atoms with E-state index in [4.69, 9.17) is 4.74 Å². The van der Waals surface area contributed by atoms with E-state index in [2.05, 4.69) is 34.5 Å². The maximum Gasteiger partial charge on any atom is 0.191 e. The number of aliphatic imine (C=N–C) groups is 1. The van der Waals surface area contributed by atoms with Crippen LogP contribution in [0.3, 0.4) is 0 Å². The molecule has 1 aromatic carbocycles. The van der Waals surface area contributed by atoms with Crippen molar-refractivity contribution in [2.75, 3.05) is 39.8 Å². The number of guanidine groups is 1. The van der Waals surface area contributed by atoms with Crippen molar-refractivity contribution in [1.29, 1.82) is 0 Å². The number of nitrogens with one attached hydrogen (secondary N) is 2. The maximum absolute atomic E-state index is 10.5. The number of piperidine rings is 1. The second-order valence-electron chi connectivity index (χ2n) is 7.60. The van der Waals surface area contributed by atoms with Crippen LogP contribution in [0.2, 0.25) is 0 Å². The monoisotopic (exact) mass is 504 g/mol. The van der Waals surface area contributed by atoms with Gasteiger partial charge in [-0.1, -0.05) is 12.1 Å². The Morgan fingerprint density at radius 1 is 1.29 bits per heavy atom. The van der Waals surface area contributed by atoms with Crippen LogP contribution in [0.1, 0.15) is 45.3 Å². The highest BCUT2D eigenvalue weighted by atomic mass is 127. The minimum Gasteiger partial charge on any atom is -0.491 e. The molecule has 1 saturated heterocycles. The Bertz CT molecular complexity index is 590. The average molecular weight is 504 g/mol. The van der Waals surface area contributed by atoms with Crippen molar-refractivity contribution in [2.45, 2.75) is 45.8 Å². The third-order valence-electron chi connectivity index (χ3n) is 4.78. The average Bonchev–Trinajstić information content (AvgIpc) is 2.64. The number of rotatable bonds is 8. The SMILES string of the molecule is CCNC(=NCC(O)c1cccc(OC(C)C)c1)NCC1CCN(C)CC1.I. The van der Waals surface area contributed by atoms with Crippen molar-refractivity contribution in [3.8, 4) is 5.75 Å². The van der Waals surface area contributed by atoms with E-state index in [0.29, 0.717) is 12.5 Å². The lowest BCUT2D eigenvalue weighted by Crippen LogP contribution is -2.42. The van der Waals surface area contributed by atoms with Gasteiger partial charge in [-0.25, -0.2) is 0 Å². The summed E-state index contributed by atoms with van der Waals surface area (Å²) >= 11 is 0. The summed E-state index contributed by atoms with van der Waals surface area (Å²) in [7, 11) is 2.18. The van der Waals surface area contributed by atoms with Gasteiger partial charge in [0, 0.05) is 13.1 Å². The van der Waals surface area contributed by atoms with Gasteiger partial charge >= 0.3 is 0 Å². The Kier molecular flexibility index (Phi) is 11.8. The fourth-order valence-electron chi connectivity index (χ4n) is 3.20. The van der Waals surface area contributed by atoms with Crippen LogP contribution < -0.4 is 15.4 Å². The molecule has 0 saturated carbocycles. The largest absolute Gasteiger partial charge is 0.491 e. The minimum absolute atomic E-state index is 0. The molecule has 0 aliphatic carbocycles. The lowest BCUT2D eigenvalue weighted by molar-refractivity contribution is 0.185. The van der Waals surface area contributed by atoms with Gasteiger partial charge in [0.05, 0.1) is 18.8 Å². The summed E-state index contributed by atoms with van der Waals surface area (Å²) in [6.07, 6.45) is 1.89. The van der Waals surface area contributed by atoms with E-state index in [1.165, 1.54) is 12.8 Å². The van der Waals surface area contributed by atoms with Crippen molar-refractivity contribution < 1.29 is 9.84 Å². The summed E-state index contributed by atoms with van der Waals surface area (Å²) in [4.78, 5) is 6.95. The van der Waals surface area contributed by atoms with Crippen LogP contribution in [0.15, 0.2) is 29.3 Å². The van der Waals surface area contributed by atoms with Crippen molar-refractivity contribution in [3.63, 3.8) is 0 Å². The molecule has 1 aliphatic heterocycles. The zero-order chi connectivity index (χ0) is 19.6. The molecule has 0 radical (unpaired) electrons. The van der Waals surface area contributed by atoms with E-state index in [1.807, 2.05) is 38.1 Å². The Morgan fingerprint density at radius 2 is 2.00 bits per heavy atom. The quantitative estimate of drug-likeness (QED) is 0.289. The minimum atomic E-state index is -0.653. The first kappa shape index (κ1) is 25.0. The first-order chi connectivity index (χ1) is 13.0. The Labute approximate surface area is 187 Å². The van der Waals surface area contributed by atoms with Gasteiger partial charge in [0.15, 0.2) is 5.96 Å². The number of hydrogen-bond acceptors (Lipinski definition) is 4. The van der Waals surface area contributed by atoms with Gasteiger partial charge < -0.3 is 25.4 Å². The van der Waals surface area contributed by atoms with Gasteiger partial charge in [0.1, 0.15) is 5.75 Å². The number of halogens is 1. The molecule has 28 heavy (non-hydrogen) atoms. The van der Waals surface area contributed by atoms with E-state index in [-0.39, 0.29) is 30.1 Å². The molecule has 1 aromatic rings. The smallest absolute Gasteiger partial charge is 0.191 e. The van der Waals surface area contributed by atoms with Gasteiger partial charge in [-0.3, -0.25) is 4.99 Å². The van der Waals surface area contributed by atoms with Crippen molar-refractivity contribution >= 4 is 29.9 Å². The van der Waals surface area contributed by atoms with Crippen molar-refractivity contribution in [2.24, 2.45) is 10.9 Å². The molecule has 2 rings (SSSR count). The van der Waals surface area contributed by atoms with Crippen molar-refractivity contribution in [1.82, 2.24) is 15.5 Å². The fourth-order valence-corrected chi connectivity index (χ4v) is 3.20. The normalized spacial score (nSPS) is 17.1. The van der Waals surface area contributed by atoms with E-state index < -0.39 is 6.10 Å². The molecule has 7 heteroatoms. The first-order valence-electron chi connectivity index (χ1n) is 10.1. The van der Waals surface area contributed by atoms with Crippen LogP contribution in [0.5, 0.6) is 5.75 Å². The highest BCUT2D eigenvalue weighted by Gasteiger charge is 2.17. The number of aliphatic hydroxyl groups is 1. The highest BCUT2D eigenvalue weighted by molar-refractivity contribution is 14.0. The topological polar surface area (TPSA) is 69.1 Å². The standard InChI is InChI=1S/C21H36N4O2.HI/c1-5-22-21(23-14-17-9-11-25(4)12-10-17)24-15-20(26)18-7-6-8-19(13-18)27-16(2)3;/h6-8,13,16-17,20,26H,5,9-12,14-15H2,1-4H3,(H2,22,23,24);1H. The molecule has 1 aliphatic rings. The third kappa shape index (κ3) is 8.96. The third-order valence-corrected chi connectivity index (χ3v) is 4.78. The van der Waals surface area contributed by atoms with Crippen LogP contribution >= 0.6 is 24.0 Å². The zero-order valence-corrected chi connectivity index (χ0v) is 20.0. The van der Waals surface area contributed by atoms with Crippen LogP contribution in [0.4, 0.5) is 0 Å². The molecule has 6 nitrogen and oxygen atoms in total. The number of hydrogen-bond donors (Lipinski definition) is 3. The molecule has 0 amide bonds. The fraction of sp³-hybridized carbons (Fsp3) is 0.667. The lowest BCUT2D eigenvalue weighted by Gasteiger charge is -2.29. The number of aliphatic hydroxyl groups excluding tert-OH is 1. The molecule has 160 valence electrons. The van der Waals surface area contributed by atoms with E-state index in [1.54, 1.807) is 0 Å². The van der Waals surface area contributed by atoms with Crippen LogP contribution in [-0.4, -0.2) is 61.8 Å². The molecular formula is C21H37IN4O2. The lowest BCUT2D eigenvalue weighted by atomic mass is 9.97. The van der Waals surface area contributed by atoms with Gasteiger partial charge in [-0.05, 0) is 77.4 Å². The predicted molar refractivity (Wildman–Crippen MR) is 127 cm³/mol. The summed E-state index contributed by atoms with van der Waals surface area (Å²) < 4.78 is 5.71. The molecule has 3 N–H and O–H groups in total. The first-order valence-corrected chi connectivity index (χ1v) is 10.1. The van der Waals surface area contributed by atoms with E-state index >= 15 is 0 Å². The molecule has 0 bridgehead atoms. The number of likely N-dealkylation sites (tertiary alicyclic amines) is 1. The number of ether oxygens (including phenoxy) is 1. The molecular weight excluding hydrogens is 467 g/mol. The maximum atomic E-state index is 10.5. The molecule has 0 aromatic heterocycles. The molecule has 1 unspecified atom stereocenters. The second kappa shape index (κ2) is 13.2. The summed E-state index contributed by atoms with van der Waals surface area (Å²) in [5, 5.41) is 17.2. The second-order valence-corrected chi connectivity index (χ2v) is 7.60. The summed E-state index contributed by atoms with van der Waals surface area (Å²) in [5.41, 5.74) is 0.822. The predicted octanol–water partition coefficient (Wildman–Crippen LogP) is 3.02. The van der Waals surface area contributed by atoms with Gasteiger partial charge in [0.2, 0.25) is 0 Å². The highest BCUT2D eigenvalue weighted by Crippen LogP contribution is 2.20. The molecule has 0 spiro atoms. The Hall–Kier alpha value is -1.06. The molecule has 1 heterocycles. The van der Waals surface area contributed by atoms with Crippen molar-refractivity contribution in [3.05, 3.63) is 29.8 Å². The molecule has 1 atom stereocenters. The van der Waals surface area contributed by atoms with E-state index in [0.717, 1.165) is 43.5 Å². The van der Waals surface area contributed by atoms with E-state index in [9.17, 15) is 5.11 Å². The van der Waals surface area contributed by atoms with Gasteiger partial charge in [0.25, 0.3) is 0 Å². The van der Waals surface area contributed by atoms with Gasteiger partial charge in [-0.15, -0.1) is 24.0 Å². The van der Waals surface area contributed by atoms with Crippen LogP contribution in [0, 0.1) is 5.92 Å². The van der Waals surface area contributed by atoms with Gasteiger partial charge in [-0.2, -0.15) is 0 Å². The summed E-state index contributed by atoms with van der Waals surface area (Å²) in [6.45, 7) is 10.4.